The summed E-state index contributed by atoms with van der Waals surface area (Å²) >= 11 is 3.51. The largest absolute Gasteiger partial charge is 0.314 e. The highest BCUT2D eigenvalue weighted by Crippen LogP contribution is 2.26. The van der Waals surface area contributed by atoms with Gasteiger partial charge in [-0.3, -0.25) is 9.88 Å². The van der Waals surface area contributed by atoms with Gasteiger partial charge in [-0.1, -0.05) is 22.0 Å². The number of hydrogen-bond donors (Lipinski definition) is 1. The van der Waals surface area contributed by atoms with Gasteiger partial charge in [0.15, 0.2) is 0 Å². The average Bonchev–Trinajstić information content (AvgIpc) is 2.52. The first-order valence-corrected chi connectivity index (χ1v) is 7.82. The Morgan fingerprint density at radius 1 is 1.38 bits per heavy atom. The SMILES string of the molecule is Fc1ccc(Br)c(CN2CCNCC2c2cccnc2)c1. The molecule has 1 saturated heterocycles. The maximum absolute atomic E-state index is 13.5. The quantitative estimate of drug-likeness (QED) is 0.922. The highest BCUT2D eigenvalue weighted by molar-refractivity contribution is 9.10. The lowest BCUT2D eigenvalue weighted by Crippen LogP contribution is -2.45. The van der Waals surface area contributed by atoms with Crippen LogP contribution in [0, 0.1) is 5.82 Å². The number of pyridine rings is 1. The number of hydrogen-bond acceptors (Lipinski definition) is 3. The van der Waals surface area contributed by atoms with Crippen LogP contribution in [0.5, 0.6) is 0 Å². The molecule has 5 heteroatoms. The predicted octanol–water partition coefficient (Wildman–Crippen LogP) is 3.13. The van der Waals surface area contributed by atoms with E-state index in [1.165, 1.54) is 11.6 Å². The molecule has 1 aliphatic heterocycles. The lowest BCUT2D eigenvalue weighted by atomic mass is 10.0. The van der Waals surface area contributed by atoms with Crippen LogP contribution in [0.25, 0.3) is 0 Å². The molecular formula is C16H17BrFN3. The summed E-state index contributed by atoms with van der Waals surface area (Å²) in [4.78, 5) is 6.58. The summed E-state index contributed by atoms with van der Waals surface area (Å²) in [6, 6.07) is 9.17. The Hall–Kier alpha value is -1.30. The van der Waals surface area contributed by atoms with E-state index >= 15 is 0 Å². The third-order valence-corrected chi connectivity index (χ3v) is 4.58. The first-order chi connectivity index (χ1) is 10.2. The predicted molar refractivity (Wildman–Crippen MR) is 84.4 cm³/mol. The molecule has 3 rings (SSSR count). The normalized spacial score (nSPS) is 19.6. The smallest absolute Gasteiger partial charge is 0.123 e. The summed E-state index contributed by atoms with van der Waals surface area (Å²) in [6.07, 6.45) is 3.69. The fourth-order valence-corrected chi connectivity index (χ4v) is 3.09. The molecule has 2 aromatic rings. The minimum absolute atomic E-state index is 0.193. The van der Waals surface area contributed by atoms with E-state index in [4.69, 9.17) is 0 Å². The van der Waals surface area contributed by atoms with Crippen LogP contribution < -0.4 is 5.32 Å². The molecule has 0 aliphatic carbocycles. The van der Waals surface area contributed by atoms with E-state index in [1.54, 1.807) is 18.3 Å². The molecule has 110 valence electrons. The van der Waals surface area contributed by atoms with Crippen molar-refractivity contribution >= 4 is 15.9 Å². The van der Waals surface area contributed by atoms with Gasteiger partial charge in [0.25, 0.3) is 0 Å². The third-order valence-electron chi connectivity index (χ3n) is 3.80. The molecule has 0 spiro atoms. The Morgan fingerprint density at radius 2 is 2.29 bits per heavy atom. The van der Waals surface area contributed by atoms with E-state index in [0.717, 1.165) is 36.2 Å². The van der Waals surface area contributed by atoms with Gasteiger partial charge in [-0.05, 0) is 35.4 Å². The molecule has 1 fully saturated rings. The minimum atomic E-state index is -0.193. The van der Waals surface area contributed by atoms with Gasteiger partial charge in [-0.15, -0.1) is 0 Å². The molecular weight excluding hydrogens is 333 g/mol. The first kappa shape index (κ1) is 14.6. The number of nitrogens with one attached hydrogen (secondary N) is 1. The van der Waals surface area contributed by atoms with Gasteiger partial charge in [-0.25, -0.2) is 4.39 Å². The molecule has 0 bridgehead atoms. The average molecular weight is 350 g/mol. The highest BCUT2D eigenvalue weighted by atomic mass is 79.9. The summed E-state index contributed by atoms with van der Waals surface area (Å²) in [5, 5.41) is 3.42. The molecule has 0 amide bonds. The second kappa shape index (κ2) is 6.64. The second-order valence-corrected chi connectivity index (χ2v) is 6.07. The van der Waals surface area contributed by atoms with Gasteiger partial charge < -0.3 is 5.32 Å². The molecule has 1 unspecified atom stereocenters. The summed E-state index contributed by atoms with van der Waals surface area (Å²) in [5.41, 5.74) is 2.17. The Bertz CT molecular complexity index is 606. The monoisotopic (exact) mass is 349 g/mol. The summed E-state index contributed by atoms with van der Waals surface area (Å²) in [7, 11) is 0. The number of benzene rings is 1. The van der Waals surface area contributed by atoms with Crippen LogP contribution in [0.15, 0.2) is 47.2 Å². The maximum Gasteiger partial charge on any atom is 0.123 e. The third kappa shape index (κ3) is 3.48. The summed E-state index contributed by atoms with van der Waals surface area (Å²) < 4.78 is 14.4. The topological polar surface area (TPSA) is 28.2 Å². The number of halogens is 2. The molecule has 2 heterocycles. The van der Waals surface area contributed by atoms with E-state index in [0.29, 0.717) is 0 Å². The van der Waals surface area contributed by atoms with Crippen LogP contribution in [0.3, 0.4) is 0 Å². The van der Waals surface area contributed by atoms with E-state index in [9.17, 15) is 4.39 Å². The zero-order valence-corrected chi connectivity index (χ0v) is 13.2. The summed E-state index contributed by atoms with van der Waals surface area (Å²) in [6.45, 7) is 3.49. The number of rotatable bonds is 3. The zero-order chi connectivity index (χ0) is 14.7. The second-order valence-electron chi connectivity index (χ2n) is 5.21. The van der Waals surface area contributed by atoms with Crippen LogP contribution >= 0.6 is 15.9 Å². The zero-order valence-electron chi connectivity index (χ0n) is 11.6. The lowest BCUT2D eigenvalue weighted by molar-refractivity contribution is 0.153. The van der Waals surface area contributed by atoms with Crippen molar-refractivity contribution in [1.82, 2.24) is 15.2 Å². The van der Waals surface area contributed by atoms with Crippen LogP contribution in [-0.2, 0) is 6.54 Å². The molecule has 1 N–H and O–H groups in total. The molecule has 21 heavy (non-hydrogen) atoms. The van der Waals surface area contributed by atoms with Crippen molar-refractivity contribution in [2.75, 3.05) is 19.6 Å². The van der Waals surface area contributed by atoms with Crippen molar-refractivity contribution in [3.8, 4) is 0 Å². The molecule has 1 aromatic heterocycles. The number of nitrogens with zero attached hydrogens (tertiary/aromatic N) is 2. The molecule has 1 atom stereocenters. The lowest BCUT2D eigenvalue weighted by Gasteiger charge is -2.36. The highest BCUT2D eigenvalue weighted by Gasteiger charge is 2.24. The van der Waals surface area contributed by atoms with Gasteiger partial charge in [0, 0.05) is 49.1 Å². The molecule has 0 saturated carbocycles. The van der Waals surface area contributed by atoms with Gasteiger partial charge >= 0.3 is 0 Å². The molecule has 3 nitrogen and oxygen atoms in total. The van der Waals surface area contributed by atoms with Crippen LogP contribution in [0.1, 0.15) is 17.2 Å². The summed E-state index contributed by atoms with van der Waals surface area (Å²) in [5.74, 6) is -0.193. The van der Waals surface area contributed by atoms with E-state index in [-0.39, 0.29) is 11.9 Å². The standard InChI is InChI=1S/C16H17BrFN3/c17-15-4-3-14(18)8-13(15)11-21-7-6-20-10-16(21)12-2-1-5-19-9-12/h1-5,8-9,16,20H,6-7,10-11H2. The van der Waals surface area contributed by atoms with Crippen molar-refractivity contribution in [1.29, 1.82) is 0 Å². The number of piperazine rings is 1. The Kier molecular flexibility index (Phi) is 4.63. The van der Waals surface area contributed by atoms with Gasteiger partial charge in [-0.2, -0.15) is 0 Å². The van der Waals surface area contributed by atoms with Gasteiger partial charge in [0.05, 0.1) is 0 Å². The van der Waals surface area contributed by atoms with Crippen molar-refractivity contribution in [2.45, 2.75) is 12.6 Å². The van der Waals surface area contributed by atoms with E-state index in [2.05, 4.69) is 37.2 Å². The van der Waals surface area contributed by atoms with Crippen molar-refractivity contribution in [2.24, 2.45) is 0 Å². The Morgan fingerprint density at radius 3 is 3.10 bits per heavy atom. The fraction of sp³-hybridized carbons (Fsp3) is 0.312. The number of aromatic nitrogens is 1. The van der Waals surface area contributed by atoms with Gasteiger partial charge in [0.1, 0.15) is 5.82 Å². The van der Waals surface area contributed by atoms with Crippen molar-refractivity contribution in [3.63, 3.8) is 0 Å². The van der Waals surface area contributed by atoms with Crippen LogP contribution in [0.2, 0.25) is 0 Å². The van der Waals surface area contributed by atoms with E-state index in [1.807, 2.05) is 12.3 Å². The van der Waals surface area contributed by atoms with Gasteiger partial charge in [0.2, 0.25) is 0 Å². The van der Waals surface area contributed by atoms with Crippen LogP contribution in [-0.4, -0.2) is 29.5 Å². The molecule has 1 aromatic carbocycles. The molecule has 1 aliphatic rings. The fourth-order valence-electron chi connectivity index (χ4n) is 2.72. The first-order valence-electron chi connectivity index (χ1n) is 7.02. The Labute approximate surface area is 132 Å². The maximum atomic E-state index is 13.5. The minimum Gasteiger partial charge on any atom is -0.314 e. The van der Waals surface area contributed by atoms with Crippen LogP contribution in [0.4, 0.5) is 4.39 Å². The van der Waals surface area contributed by atoms with Crippen molar-refractivity contribution in [3.05, 3.63) is 64.1 Å². The molecule has 0 radical (unpaired) electrons. The van der Waals surface area contributed by atoms with E-state index < -0.39 is 0 Å². The van der Waals surface area contributed by atoms with Crippen molar-refractivity contribution < 1.29 is 4.39 Å². The Balaban J connectivity index is 1.83.